The monoisotopic (exact) mass is 256 g/mol. The summed E-state index contributed by atoms with van der Waals surface area (Å²) in [4.78, 5) is 6.42. The minimum Gasteiger partial charge on any atom is -0.351 e. The third-order valence-electron chi connectivity index (χ3n) is 0.406. The molecule has 0 unspecified atom stereocenters. The first-order valence-corrected chi connectivity index (χ1v) is 10.8. The van der Waals surface area contributed by atoms with Gasteiger partial charge in [0.25, 0.3) is 0 Å². The average Bonchev–Trinajstić information content (AvgIpc) is 2.07. The number of nitrogens with one attached hydrogen (secondary N) is 1. The van der Waals surface area contributed by atoms with Crippen molar-refractivity contribution in [3.8, 4) is 0 Å². The molecule has 1 aromatic heterocycles. The summed E-state index contributed by atoms with van der Waals surface area (Å²) < 4.78 is 0. The molecule has 0 amide bonds. The Morgan fingerprint density at radius 1 is 1.20 bits per heavy atom. The van der Waals surface area contributed by atoms with Gasteiger partial charge < -0.3 is 4.98 Å². The van der Waals surface area contributed by atoms with E-state index in [2.05, 4.69) is 9.97 Å². The van der Waals surface area contributed by atoms with E-state index < -0.39 is 12.3 Å². The number of aromatic amines is 1. The molecule has 0 aromatic carbocycles. The van der Waals surface area contributed by atoms with Gasteiger partial charge >= 0.3 is 49.6 Å². The van der Waals surface area contributed by atoms with E-state index in [0.29, 0.717) is 0 Å². The predicted molar refractivity (Wildman–Crippen MR) is 42.0 cm³/mol. The van der Waals surface area contributed by atoms with Gasteiger partial charge in [0.1, 0.15) is 0 Å². The first-order chi connectivity index (χ1) is 4.50. The van der Waals surface area contributed by atoms with Gasteiger partial charge in [-0.1, -0.05) is 0 Å². The Hall–Kier alpha value is 1.08. The first kappa shape index (κ1) is 11.1. The van der Waals surface area contributed by atoms with Gasteiger partial charge in [-0.3, -0.25) is 0 Å². The average molecular weight is 258 g/mol. The van der Waals surface area contributed by atoms with Crippen LogP contribution in [0.25, 0.3) is 0 Å². The van der Waals surface area contributed by atoms with Crippen molar-refractivity contribution in [3.05, 3.63) is 18.7 Å². The molecule has 0 aliphatic rings. The molecule has 0 spiro atoms. The van der Waals surface area contributed by atoms with Crippen LogP contribution >= 0.6 is 37.2 Å². The van der Waals surface area contributed by atoms with Crippen molar-refractivity contribution >= 4 is 37.2 Å². The second-order valence-electron chi connectivity index (χ2n) is 1.19. The molecule has 7 heteroatoms. The van der Waals surface area contributed by atoms with Crippen molar-refractivity contribution in [3.63, 3.8) is 0 Å². The summed E-state index contributed by atoms with van der Waals surface area (Å²) in [5.74, 6) is 0. The van der Waals surface area contributed by atoms with Gasteiger partial charge in [-0.05, 0) is 0 Å². The Labute approximate surface area is 77.7 Å². The molecule has 0 saturated carbocycles. The molecule has 0 fully saturated rings. The largest absolute Gasteiger partial charge is 0.351 e. The number of aromatic nitrogens is 2. The third-order valence-corrected chi connectivity index (χ3v) is 0.406. The Kier molecular flexibility index (Phi) is 6.32. The van der Waals surface area contributed by atoms with Crippen LogP contribution in [0.5, 0.6) is 0 Å². The normalized spacial score (nSPS) is 10.0. The molecule has 1 rings (SSSR count). The van der Waals surface area contributed by atoms with Gasteiger partial charge in [-0.2, -0.15) is 0 Å². The maximum atomic E-state index is 5.01. The molecule has 0 saturated heterocycles. The summed E-state index contributed by atoms with van der Waals surface area (Å²) in [6.07, 6.45) is 5.08. The summed E-state index contributed by atoms with van der Waals surface area (Å²) in [6, 6.07) is 0. The van der Waals surface area contributed by atoms with Crippen molar-refractivity contribution in [1.29, 1.82) is 0 Å². The minimum absolute atomic E-state index is 1.62. The van der Waals surface area contributed by atoms with Crippen molar-refractivity contribution in [2.75, 3.05) is 0 Å². The first-order valence-electron chi connectivity index (χ1n) is 2.18. The number of nitrogens with zero attached hydrogens (tertiary/aromatic N) is 1. The van der Waals surface area contributed by atoms with Crippen molar-refractivity contribution in [2.24, 2.45) is 0 Å². The van der Waals surface area contributed by atoms with E-state index in [1.807, 2.05) is 0 Å². The Balaban J connectivity index is 0.000000162. The molecule has 0 atom stereocenters. The van der Waals surface area contributed by atoms with Crippen LogP contribution < -0.4 is 0 Å². The van der Waals surface area contributed by atoms with E-state index in [0.717, 1.165) is 0 Å². The van der Waals surface area contributed by atoms with Crippen LogP contribution in [0.1, 0.15) is 0 Å². The Morgan fingerprint density at radius 3 is 1.80 bits per heavy atom. The van der Waals surface area contributed by atoms with Crippen LogP contribution in [-0.2, 0) is 12.3 Å². The predicted octanol–water partition coefficient (Wildman–Crippen LogP) is 3.17. The van der Waals surface area contributed by atoms with Crippen molar-refractivity contribution in [2.45, 2.75) is 0 Å². The van der Waals surface area contributed by atoms with E-state index >= 15 is 0 Å². The second-order valence-corrected chi connectivity index (χ2v) is 16.7. The molecule has 1 N–H and O–H groups in total. The van der Waals surface area contributed by atoms with E-state index in [1.165, 1.54) is 0 Å². The zero-order valence-corrected chi connectivity index (χ0v) is 9.28. The third kappa shape index (κ3) is 16.0. The maximum Gasteiger partial charge on any atom is 0.0919 e. The number of hydrogen-bond donors (Lipinski definition) is 1. The molecule has 58 valence electrons. The molecule has 0 aliphatic heterocycles. The fraction of sp³-hybridized carbons (Fsp3) is 0. The maximum absolute atomic E-state index is 5.01. The van der Waals surface area contributed by atoms with Crippen LogP contribution in [0, 0.1) is 0 Å². The number of halogens is 4. The molecule has 1 heterocycles. The zero-order valence-electron chi connectivity index (χ0n) is 4.69. The van der Waals surface area contributed by atoms with E-state index in [1.54, 1.807) is 18.7 Å². The molecular weight excluding hydrogens is 254 g/mol. The standard InChI is InChI=1S/C3H4N2.4ClH.Ti/c1-2-5-3-4-1;;;;;/h1-3H,(H,4,5);4*1H;/q;;;;;+4/p-4. The number of rotatable bonds is 0. The van der Waals surface area contributed by atoms with Crippen LogP contribution in [0.3, 0.4) is 0 Å². The SMILES string of the molecule is [Cl][Ti]([Cl])([Cl])[Cl].c1c[nH]cn1. The summed E-state index contributed by atoms with van der Waals surface area (Å²) in [6.45, 7) is 0. The number of imidazole rings is 1. The van der Waals surface area contributed by atoms with Crippen LogP contribution in [0.15, 0.2) is 18.7 Å². The van der Waals surface area contributed by atoms with E-state index in [4.69, 9.17) is 37.2 Å². The van der Waals surface area contributed by atoms with Crippen molar-refractivity contribution in [1.82, 2.24) is 9.97 Å². The number of H-pyrrole nitrogens is 1. The summed E-state index contributed by atoms with van der Waals surface area (Å²) >= 11 is -3.11. The van der Waals surface area contributed by atoms with Crippen LogP contribution in [0.4, 0.5) is 0 Å². The van der Waals surface area contributed by atoms with Gasteiger partial charge in [-0.15, -0.1) is 0 Å². The topological polar surface area (TPSA) is 28.7 Å². The van der Waals surface area contributed by atoms with Gasteiger partial charge in [0, 0.05) is 12.4 Å². The second kappa shape index (κ2) is 5.70. The van der Waals surface area contributed by atoms with E-state index in [9.17, 15) is 0 Å². The molecule has 0 radical (unpaired) electrons. The fourth-order valence-electron chi connectivity index (χ4n) is 0.215. The van der Waals surface area contributed by atoms with E-state index in [-0.39, 0.29) is 0 Å². The molecule has 1 aromatic rings. The smallest absolute Gasteiger partial charge is 0.0919 e. The fourth-order valence-corrected chi connectivity index (χ4v) is 0.215. The van der Waals surface area contributed by atoms with Crippen molar-refractivity contribution < 1.29 is 12.3 Å². The molecule has 10 heavy (non-hydrogen) atoms. The molecule has 2 nitrogen and oxygen atoms in total. The van der Waals surface area contributed by atoms with Gasteiger partial charge in [0.05, 0.1) is 6.33 Å². The number of hydrogen-bond acceptors (Lipinski definition) is 1. The minimum atomic E-state index is -3.11. The summed E-state index contributed by atoms with van der Waals surface area (Å²) in [5, 5.41) is 0. The van der Waals surface area contributed by atoms with Crippen LogP contribution in [-0.4, -0.2) is 9.97 Å². The molecule has 0 bridgehead atoms. The quantitative estimate of drug-likeness (QED) is 0.711. The van der Waals surface area contributed by atoms with Gasteiger partial charge in [0.2, 0.25) is 0 Å². The van der Waals surface area contributed by atoms with Crippen LogP contribution in [0.2, 0.25) is 0 Å². The molecule has 0 aliphatic carbocycles. The Bertz CT molecular complexity index is 125. The summed E-state index contributed by atoms with van der Waals surface area (Å²) in [7, 11) is 20.1. The Morgan fingerprint density at radius 2 is 1.70 bits per heavy atom. The zero-order chi connectivity index (χ0) is 8.04. The summed E-state index contributed by atoms with van der Waals surface area (Å²) in [5.41, 5.74) is 0. The molecular formula is C3H4Cl4N2Ti. The van der Waals surface area contributed by atoms with Gasteiger partial charge in [-0.25, -0.2) is 4.98 Å². The van der Waals surface area contributed by atoms with Gasteiger partial charge in [0.15, 0.2) is 0 Å².